The Kier molecular flexibility index (Phi) is 4.09. The Morgan fingerprint density at radius 1 is 1.35 bits per heavy atom. The van der Waals surface area contributed by atoms with Crippen LogP contribution in [0.4, 0.5) is 4.39 Å². The van der Waals surface area contributed by atoms with Crippen molar-refractivity contribution >= 4 is 0 Å². The fourth-order valence-corrected chi connectivity index (χ4v) is 2.53. The molecule has 5 heteroatoms. The van der Waals surface area contributed by atoms with Crippen molar-refractivity contribution < 1.29 is 9.13 Å². The molecule has 20 heavy (non-hydrogen) atoms. The van der Waals surface area contributed by atoms with E-state index in [-0.39, 0.29) is 11.9 Å². The van der Waals surface area contributed by atoms with Gasteiger partial charge in [0.15, 0.2) is 0 Å². The summed E-state index contributed by atoms with van der Waals surface area (Å²) in [5.74, 6) is 0.229. The number of ether oxygens (including phenoxy) is 1. The molecule has 0 bridgehead atoms. The monoisotopic (exact) mass is 277 g/mol. The van der Waals surface area contributed by atoms with Crippen molar-refractivity contribution in [2.75, 3.05) is 14.2 Å². The molecule has 4 nitrogen and oxygen atoms in total. The number of benzene rings is 1. The quantitative estimate of drug-likeness (QED) is 0.933. The molecule has 0 spiro atoms. The van der Waals surface area contributed by atoms with Crippen molar-refractivity contribution in [3.05, 3.63) is 46.5 Å². The summed E-state index contributed by atoms with van der Waals surface area (Å²) in [7, 11) is 5.24. The Morgan fingerprint density at radius 2 is 2.05 bits per heavy atom. The van der Waals surface area contributed by atoms with Gasteiger partial charge in [-0.3, -0.25) is 4.68 Å². The summed E-state index contributed by atoms with van der Waals surface area (Å²) in [4.78, 5) is 0. The lowest BCUT2D eigenvalue weighted by molar-refractivity contribution is 0.410. The Labute approximate surface area is 118 Å². The molecule has 1 unspecified atom stereocenters. The minimum atomic E-state index is -0.286. The maximum Gasteiger partial charge on any atom is 0.132 e. The van der Waals surface area contributed by atoms with Crippen LogP contribution in [0.2, 0.25) is 0 Å². The molecule has 0 aliphatic carbocycles. The lowest BCUT2D eigenvalue weighted by atomic mass is 9.96. The van der Waals surface area contributed by atoms with E-state index in [0.29, 0.717) is 11.3 Å². The number of nitrogens with one attached hydrogen (secondary N) is 1. The second-order valence-electron chi connectivity index (χ2n) is 4.82. The minimum absolute atomic E-state index is 0.227. The first-order chi connectivity index (χ1) is 9.49. The van der Waals surface area contributed by atoms with Gasteiger partial charge < -0.3 is 10.1 Å². The van der Waals surface area contributed by atoms with E-state index in [1.165, 1.54) is 13.2 Å². The van der Waals surface area contributed by atoms with Gasteiger partial charge in [-0.1, -0.05) is 6.07 Å². The third-order valence-electron chi connectivity index (χ3n) is 3.66. The van der Waals surface area contributed by atoms with Gasteiger partial charge in [-0.2, -0.15) is 5.10 Å². The van der Waals surface area contributed by atoms with Crippen LogP contribution in [-0.2, 0) is 7.05 Å². The Balaban J connectivity index is 2.52. The average molecular weight is 277 g/mol. The van der Waals surface area contributed by atoms with Crippen LogP contribution in [0.5, 0.6) is 5.75 Å². The maximum atomic E-state index is 14.3. The largest absolute Gasteiger partial charge is 0.497 e. The van der Waals surface area contributed by atoms with Crippen LogP contribution in [0.25, 0.3) is 0 Å². The predicted molar refractivity (Wildman–Crippen MR) is 76.5 cm³/mol. The third-order valence-corrected chi connectivity index (χ3v) is 3.66. The van der Waals surface area contributed by atoms with Gasteiger partial charge in [0.05, 0.1) is 18.8 Å². The second-order valence-corrected chi connectivity index (χ2v) is 4.82. The van der Waals surface area contributed by atoms with E-state index >= 15 is 0 Å². The van der Waals surface area contributed by atoms with Crippen molar-refractivity contribution in [1.82, 2.24) is 15.1 Å². The molecule has 108 valence electrons. The Morgan fingerprint density at radius 3 is 2.50 bits per heavy atom. The molecular weight excluding hydrogens is 257 g/mol. The van der Waals surface area contributed by atoms with Gasteiger partial charge in [0.2, 0.25) is 0 Å². The zero-order valence-electron chi connectivity index (χ0n) is 12.5. The zero-order chi connectivity index (χ0) is 14.9. The first-order valence-electron chi connectivity index (χ1n) is 6.50. The number of methoxy groups -OCH3 is 1. The van der Waals surface area contributed by atoms with Crippen LogP contribution in [0.3, 0.4) is 0 Å². The van der Waals surface area contributed by atoms with Gasteiger partial charge in [0, 0.05) is 29.9 Å². The molecule has 1 heterocycles. The molecular formula is C15H20FN3O. The molecule has 0 amide bonds. The van der Waals surface area contributed by atoms with Gasteiger partial charge in [-0.05, 0) is 27.0 Å². The van der Waals surface area contributed by atoms with Gasteiger partial charge in [-0.15, -0.1) is 0 Å². The summed E-state index contributed by atoms with van der Waals surface area (Å²) < 4.78 is 21.1. The number of hydrogen-bond acceptors (Lipinski definition) is 3. The van der Waals surface area contributed by atoms with Crippen LogP contribution in [-0.4, -0.2) is 23.9 Å². The summed E-state index contributed by atoms with van der Waals surface area (Å²) in [5.41, 5.74) is 3.53. The topological polar surface area (TPSA) is 39.1 Å². The molecule has 2 aromatic rings. The summed E-state index contributed by atoms with van der Waals surface area (Å²) >= 11 is 0. The fraction of sp³-hybridized carbons (Fsp3) is 0.400. The first-order valence-corrected chi connectivity index (χ1v) is 6.50. The van der Waals surface area contributed by atoms with Crippen LogP contribution in [0.1, 0.15) is 28.6 Å². The van der Waals surface area contributed by atoms with E-state index in [4.69, 9.17) is 4.74 Å². The normalized spacial score (nSPS) is 12.5. The summed E-state index contributed by atoms with van der Waals surface area (Å²) in [5, 5.41) is 7.57. The van der Waals surface area contributed by atoms with Crippen LogP contribution < -0.4 is 10.1 Å². The highest BCUT2D eigenvalue weighted by Gasteiger charge is 2.23. The van der Waals surface area contributed by atoms with E-state index in [2.05, 4.69) is 10.4 Å². The van der Waals surface area contributed by atoms with Gasteiger partial charge >= 0.3 is 0 Å². The molecule has 1 atom stereocenters. The van der Waals surface area contributed by atoms with Crippen LogP contribution in [0, 0.1) is 19.7 Å². The molecule has 1 N–H and O–H groups in total. The molecule has 0 fully saturated rings. The second kappa shape index (κ2) is 5.63. The van der Waals surface area contributed by atoms with Crippen molar-refractivity contribution in [1.29, 1.82) is 0 Å². The van der Waals surface area contributed by atoms with E-state index in [9.17, 15) is 4.39 Å². The standard InChI is InChI=1S/C15H20FN3O/c1-9-14(10(2)19(4)18-9)15(17-3)12-7-6-11(20-5)8-13(12)16/h6-8,15,17H,1-5H3. The number of hydrogen-bond donors (Lipinski definition) is 1. The lowest BCUT2D eigenvalue weighted by Gasteiger charge is -2.19. The van der Waals surface area contributed by atoms with Gasteiger partial charge in [0.25, 0.3) is 0 Å². The highest BCUT2D eigenvalue weighted by molar-refractivity contribution is 5.40. The molecule has 0 aliphatic heterocycles. The molecule has 0 aliphatic rings. The minimum Gasteiger partial charge on any atom is -0.497 e. The molecule has 1 aromatic heterocycles. The smallest absolute Gasteiger partial charge is 0.132 e. The number of halogens is 1. The SMILES string of the molecule is CNC(c1ccc(OC)cc1F)c1c(C)nn(C)c1C. The summed E-state index contributed by atoms with van der Waals surface area (Å²) in [6, 6.07) is 4.70. The fourth-order valence-electron chi connectivity index (χ4n) is 2.53. The Bertz CT molecular complexity index is 622. The molecule has 0 saturated heterocycles. The van der Waals surface area contributed by atoms with E-state index in [1.807, 2.05) is 32.6 Å². The predicted octanol–water partition coefficient (Wildman–Crippen LogP) is 2.49. The third kappa shape index (κ3) is 2.41. The summed E-state index contributed by atoms with van der Waals surface area (Å²) in [6.45, 7) is 3.93. The maximum absolute atomic E-state index is 14.3. The first kappa shape index (κ1) is 14.5. The molecule has 0 saturated carbocycles. The number of aromatic nitrogens is 2. The van der Waals surface area contributed by atoms with E-state index in [0.717, 1.165) is 17.0 Å². The highest BCUT2D eigenvalue weighted by Crippen LogP contribution is 2.30. The van der Waals surface area contributed by atoms with Crippen LogP contribution >= 0.6 is 0 Å². The lowest BCUT2D eigenvalue weighted by Crippen LogP contribution is -2.20. The average Bonchev–Trinajstić information content (AvgIpc) is 2.67. The van der Waals surface area contributed by atoms with Crippen molar-refractivity contribution in [2.24, 2.45) is 7.05 Å². The van der Waals surface area contributed by atoms with Crippen molar-refractivity contribution in [2.45, 2.75) is 19.9 Å². The van der Waals surface area contributed by atoms with E-state index < -0.39 is 0 Å². The number of aryl methyl sites for hydroxylation is 2. The number of nitrogens with zero attached hydrogens (tertiary/aromatic N) is 2. The summed E-state index contributed by atoms with van der Waals surface area (Å²) in [6.07, 6.45) is 0. The van der Waals surface area contributed by atoms with Gasteiger partial charge in [-0.25, -0.2) is 4.39 Å². The van der Waals surface area contributed by atoms with Crippen molar-refractivity contribution in [3.8, 4) is 5.75 Å². The van der Waals surface area contributed by atoms with Crippen molar-refractivity contribution in [3.63, 3.8) is 0 Å². The number of rotatable bonds is 4. The molecule has 1 aromatic carbocycles. The molecule has 2 rings (SSSR count). The van der Waals surface area contributed by atoms with Gasteiger partial charge in [0.1, 0.15) is 11.6 Å². The zero-order valence-corrected chi connectivity index (χ0v) is 12.5. The van der Waals surface area contributed by atoms with Crippen LogP contribution in [0.15, 0.2) is 18.2 Å². The van der Waals surface area contributed by atoms with E-state index in [1.54, 1.807) is 12.1 Å². The Hall–Kier alpha value is -1.88. The highest BCUT2D eigenvalue weighted by atomic mass is 19.1. The molecule has 0 radical (unpaired) electrons.